The highest BCUT2D eigenvalue weighted by molar-refractivity contribution is 6.63. The van der Waals surface area contributed by atoms with Crippen molar-refractivity contribution in [2.24, 2.45) is 7.05 Å². The molecule has 28 heavy (non-hydrogen) atoms. The summed E-state index contributed by atoms with van der Waals surface area (Å²) in [7, 11) is 2.94. The molecule has 1 atom stereocenters. The molecule has 1 aromatic heterocycles. The number of carbonyl (C=O) groups excluding carboxylic acids is 1. The fourth-order valence-electron chi connectivity index (χ4n) is 2.74. The second-order valence-corrected chi connectivity index (χ2v) is 9.44. The first-order chi connectivity index (χ1) is 12.6. The van der Waals surface area contributed by atoms with Crippen LogP contribution in [0.4, 0.5) is 4.79 Å². The van der Waals surface area contributed by atoms with Crippen LogP contribution in [-0.2, 0) is 21.1 Å². The molecule has 158 valence electrons. The van der Waals surface area contributed by atoms with Crippen molar-refractivity contribution in [1.82, 2.24) is 14.7 Å². The second-order valence-electron chi connectivity index (χ2n) is 9.44. The Morgan fingerprint density at radius 1 is 1.29 bits per heavy atom. The molecular formula is C19H34BN3O5. The largest absolute Gasteiger partial charge is 0.502 e. The normalized spacial score (nSPS) is 19.4. The quantitative estimate of drug-likeness (QED) is 0.713. The van der Waals surface area contributed by atoms with E-state index in [1.165, 1.54) is 4.90 Å². The number of rotatable bonds is 5. The number of amides is 1. The van der Waals surface area contributed by atoms with E-state index in [1.54, 1.807) is 11.7 Å². The number of aryl methyl sites for hydroxylation is 1. The number of aromatic nitrogens is 2. The third-order valence-corrected chi connectivity index (χ3v) is 4.88. The van der Waals surface area contributed by atoms with Crippen LogP contribution in [0.1, 0.15) is 55.4 Å². The molecule has 1 amide bonds. The zero-order valence-corrected chi connectivity index (χ0v) is 18.8. The molecule has 2 rings (SSSR count). The van der Waals surface area contributed by atoms with Gasteiger partial charge in [0.05, 0.1) is 23.2 Å². The molecule has 1 saturated heterocycles. The zero-order chi connectivity index (χ0) is 21.5. The summed E-state index contributed by atoms with van der Waals surface area (Å²) in [6, 6.07) is 0. The van der Waals surface area contributed by atoms with Gasteiger partial charge in [-0.25, -0.2) is 4.79 Å². The molecule has 1 aliphatic heterocycles. The molecule has 1 aliphatic rings. The van der Waals surface area contributed by atoms with Crippen molar-refractivity contribution >= 4 is 18.7 Å². The van der Waals surface area contributed by atoms with Gasteiger partial charge in [-0.2, -0.15) is 0 Å². The van der Waals surface area contributed by atoms with Crippen molar-refractivity contribution in [1.29, 1.82) is 0 Å². The van der Waals surface area contributed by atoms with Crippen LogP contribution in [0.15, 0.2) is 6.20 Å². The number of nitrogens with zero attached hydrogens (tertiary/aromatic N) is 3. The minimum atomic E-state index is -0.565. The van der Waals surface area contributed by atoms with Crippen LogP contribution < -0.4 is 10.2 Å². The lowest BCUT2D eigenvalue weighted by Crippen LogP contribution is -2.41. The lowest BCUT2D eigenvalue weighted by atomic mass is 9.81. The fraction of sp³-hybridized carbons (Fsp3) is 0.789. The van der Waals surface area contributed by atoms with E-state index in [1.807, 2.05) is 68.6 Å². The standard InChI is InChI=1S/C19H34BN3O5/c1-13(11-22(9)16(24)26-17(2,3)4)25-15-14(12-23(10)21-15)20-27-18(5,6)19(7,8)28-20/h12-13H,11H2,1-10H3/t13-/m0/s1. The van der Waals surface area contributed by atoms with Crippen molar-refractivity contribution in [3.8, 4) is 5.88 Å². The topological polar surface area (TPSA) is 75.1 Å². The third kappa shape index (κ3) is 5.20. The summed E-state index contributed by atoms with van der Waals surface area (Å²) in [6.45, 7) is 15.8. The highest BCUT2D eigenvalue weighted by Gasteiger charge is 2.53. The summed E-state index contributed by atoms with van der Waals surface area (Å²) in [4.78, 5) is 13.7. The highest BCUT2D eigenvalue weighted by atomic mass is 16.7. The van der Waals surface area contributed by atoms with Crippen LogP contribution in [-0.4, -0.2) is 64.4 Å². The first-order valence-electron chi connectivity index (χ1n) is 9.61. The number of ether oxygens (including phenoxy) is 2. The van der Waals surface area contributed by atoms with Gasteiger partial charge in [-0.15, -0.1) is 5.10 Å². The highest BCUT2D eigenvalue weighted by Crippen LogP contribution is 2.37. The van der Waals surface area contributed by atoms with Crippen LogP contribution in [0.5, 0.6) is 5.88 Å². The maximum Gasteiger partial charge on any atom is 0.502 e. The molecule has 9 heteroatoms. The number of carbonyl (C=O) groups is 1. The lowest BCUT2D eigenvalue weighted by Gasteiger charge is -2.32. The summed E-state index contributed by atoms with van der Waals surface area (Å²) < 4.78 is 25.3. The van der Waals surface area contributed by atoms with Gasteiger partial charge in [-0.05, 0) is 55.4 Å². The zero-order valence-electron chi connectivity index (χ0n) is 18.8. The van der Waals surface area contributed by atoms with E-state index in [9.17, 15) is 4.79 Å². The summed E-state index contributed by atoms with van der Waals surface area (Å²) in [6.07, 6.45) is 1.14. The Balaban J connectivity index is 2.06. The summed E-state index contributed by atoms with van der Waals surface area (Å²) in [5, 5.41) is 4.40. The van der Waals surface area contributed by atoms with E-state index in [0.717, 1.165) is 5.46 Å². The molecule has 0 saturated carbocycles. The van der Waals surface area contributed by atoms with Crippen molar-refractivity contribution in [3.63, 3.8) is 0 Å². The van der Waals surface area contributed by atoms with E-state index in [2.05, 4.69) is 5.10 Å². The van der Waals surface area contributed by atoms with E-state index < -0.39 is 30.0 Å². The predicted octanol–water partition coefficient (Wildman–Crippen LogP) is 2.35. The van der Waals surface area contributed by atoms with Gasteiger partial charge in [0.15, 0.2) is 0 Å². The van der Waals surface area contributed by atoms with Crippen molar-refractivity contribution in [3.05, 3.63) is 6.20 Å². The molecule has 1 fully saturated rings. The smallest absolute Gasteiger partial charge is 0.472 e. The van der Waals surface area contributed by atoms with Gasteiger partial charge in [0.1, 0.15) is 11.7 Å². The first kappa shape index (κ1) is 22.6. The van der Waals surface area contributed by atoms with Gasteiger partial charge in [-0.1, -0.05) is 0 Å². The van der Waals surface area contributed by atoms with Crippen LogP contribution >= 0.6 is 0 Å². The number of hydrogen-bond donors (Lipinski definition) is 0. The maximum atomic E-state index is 12.2. The minimum absolute atomic E-state index is 0.298. The first-order valence-corrected chi connectivity index (χ1v) is 9.61. The van der Waals surface area contributed by atoms with Crippen LogP contribution in [0.2, 0.25) is 0 Å². The average molecular weight is 395 g/mol. The summed E-state index contributed by atoms with van der Waals surface area (Å²) in [5.41, 5.74) is -0.714. The van der Waals surface area contributed by atoms with Gasteiger partial charge in [-0.3, -0.25) is 4.68 Å². The monoisotopic (exact) mass is 395 g/mol. The molecule has 0 unspecified atom stereocenters. The summed E-state index contributed by atoms with van der Waals surface area (Å²) >= 11 is 0. The Morgan fingerprint density at radius 3 is 2.32 bits per heavy atom. The Bertz CT molecular complexity index is 695. The Kier molecular flexibility index (Phi) is 6.12. The molecule has 0 aliphatic carbocycles. The van der Waals surface area contributed by atoms with Crippen molar-refractivity contribution in [2.75, 3.05) is 13.6 Å². The van der Waals surface area contributed by atoms with Gasteiger partial charge in [0, 0.05) is 20.3 Å². The molecule has 0 N–H and O–H groups in total. The number of hydrogen-bond acceptors (Lipinski definition) is 6. The van der Waals surface area contributed by atoms with Crippen molar-refractivity contribution in [2.45, 2.75) is 78.3 Å². The van der Waals surface area contributed by atoms with Gasteiger partial charge in [0.25, 0.3) is 0 Å². The Labute approximate surface area is 168 Å². The van der Waals surface area contributed by atoms with E-state index >= 15 is 0 Å². The van der Waals surface area contributed by atoms with E-state index in [0.29, 0.717) is 12.4 Å². The maximum absolute atomic E-state index is 12.2. The molecule has 0 spiro atoms. The predicted molar refractivity (Wildman–Crippen MR) is 108 cm³/mol. The summed E-state index contributed by atoms with van der Waals surface area (Å²) in [5.74, 6) is 0.436. The number of likely N-dealkylation sites (N-methyl/N-ethyl adjacent to an activating group) is 1. The average Bonchev–Trinajstić information content (AvgIpc) is 2.93. The van der Waals surface area contributed by atoms with Gasteiger partial charge >= 0.3 is 13.2 Å². The molecule has 0 radical (unpaired) electrons. The van der Waals surface area contributed by atoms with Crippen LogP contribution in [0, 0.1) is 0 Å². The molecule has 0 aromatic carbocycles. The SMILES string of the molecule is C[C@@H](CN(C)C(=O)OC(C)(C)C)Oc1nn(C)cc1B1OC(C)(C)C(C)(C)O1. The van der Waals surface area contributed by atoms with E-state index in [-0.39, 0.29) is 6.10 Å². The minimum Gasteiger partial charge on any atom is -0.472 e. The molecule has 0 bridgehead atoms. The Morgan fingerprint density at radius 2 is 1.82 bits per heavy atom. The van der Waals surface area contributed by atoms with E-state index in [4.69, 9.17) is 18.8 Å². The molecule has 2 heterocycles. The van der Waals surface area contributed by atoms with Gasteiger partial charge in [0.2, 0.25) is 5.88 Å². The van der Waals surface area contributed by atoms with Gasteiger partial charge < -0.3 is 23.7 Å². The molecular weight excluding hydrogens is 361 g/mol. The van der Waals surface area contributed by atoms with Crippen LogP contribution in [0.25, 0.3) is 0 Å². The lowest BCUT2D eigenvalue weighted by molar-refractivity contribution is 0.00578. The fourth-order valence-corrected chi connectivity index (χ4v) is 2.74. The third-order valence-electron chi connectivity index (χ3n) is 4.88. The molecule has 1 aromatic rings. The van der Waals surface area contributed by atoms with Crippen molar-refractivity contribution < 1.29 is 23.6 Å². The second kappa shape index (κ2) is 7.59. The molecule has 8 nitrogen and oxygen atoms in total. The Hall–Kier alpha value is -1.74. The van der Waals surface area contributed by atoms with Crippen LogP contribution in [0.3, 0.4) is 0 Å².